The molecule has 0 radical (unpaired) electrons. The van der Waals surface area contributed by atoms with Crippen molar-refractivity contribution in [1.82, 2.24) is 10.2 Å². The van der Waals surface area contributed by atoms with Gasteiger partial charge in [-0.3, -0.25) is 13.9 Å². The standard InChI is InChI=1S/C31H38ClN3O5S/c1-5-7-20-33-31(37)28(6-2)34(21-24-16-18-25(40-4)19-17-24)30(36)22-35(29-15-11-14-27(32)23(29)3)41(38,39)26-12-9-8-10-13-26/h8-19,28H,5-7,20-22H2,1-4H3,(H,33,37). The number of nitrogens with zero attached hydrogens (tertiary/aromatic N) is 2. The first kappa shape index (κ1) is 32.0. The SMILES string of the molecule is CCCCNC(=O)C(CC)N(Cc1ccc(OC)cc1)C(=O)CN(c1cccc(Cl)c1C)S(=O)(=O)c1ccccc1. The summed E-state index contributed by atoms with van der Waals surface area (Å²) >= 11 is 6.38. The van der Waals surface area contributed by atoms with Gasteiger partial charge in [-0.2, -0.15) is 0 Å². The van der Waals surface area contributed by atoms with Crippen molar-refractivity contribution in [2.24, 2.45) is 0 Å². The fourth-order valence-corrected chi connectivity index (χ4v) is 6.11. The first-order valence-electron chi connectivity index (χ1n) is 13.7. The minimum absolute atomic E-state index is 0.0400. The van der Waals surface area contributed by atoms with E-state index in [0.29, 0.717) is 35.0 Å². The molecule has 0 heterocycles. The Morgan fingerprint density at radius 3 is 2.27 bits per heavy atom. The average molecular weight is 600 g/mol. The van der Waals surface area contributed by atoms with Crippen LogP contribution in [0.15, 0.2) is 77.7 Å². The number of hydrogen-bond donors (Lipinski definition) is 1. The molecular formula is C31H38ClN3O5S. The number of halogens is 1. The molecule has 1 atom stereocenters. The van der Waals surface area contributed by atoms with Gasteiger partial charge in [-0.05, 0) is 67.3 Å². The highest BCUT2D eigenvalue weighted by Crippen LogP contribution is 2.31. The predicted octanol–water partition coefficient (Wildman–Crippen LogP) is 5.58. The Kier molecular flexibility index (Phi) is 11.6. The molecule has 3 aromatic rings. The quantitative estimate of drug-likeness (QED) is 0.244. The Bertz CT molecular complexity index is 1420. The summed E-state index contributed by atoms with van der Waals surface area (Å²) in [5, 5.41) is 3.30. The van der Waals surface area contributed by atoms with Crippen LogP contribution in [0.3, 0.4) is 0 Å². The molecule has 41 heavy (non-hydrogen) atoms. The second-order valence-corrected chi connectivity index (χ2v) is 11.9. The van der Waals surface area contributed by atoms with Crippen LogP contribution in [0.5, 0.6) is 5.75 Å². The molecule has 10 heteroatoms. The predicted molar refractivity (Wildman–Crippen MR) is 163 cm³/mol. The van der Waals surface area contributed by atoms with Crippen molar-refractivity contribution in [3.8, 4) is 5.75 Å². The van der Waals surface area contributed by atoms with Crippen molar-refractivity contribution in [1.29, 1.82) is 0 Å². The maximum absolute atomic E-state index is 14.1. The van der Waals surface area contributed by atoms with Gasteiger partial charge in [0, 0.05) is 18.1 Å². The number of amides is 2. The van der Waals surface area contributed by atoms with E-state index >= 15 is 0 Å². The Hall–Kier alpha value is -3.56. The largest absolute Gasteiger partial charge is 0.497 e. The van der Waals surface area contributed by atoms with Crippen molar-refractivity contribution in [2.45, 2.75) is 57.5 Å². The number of methoxy groups -OCH3 is 1. The van der Waals surface area contributed by atoms with E-state index in [1.807, 2.05) is 26.0 Å². The van der Waals surface area contributed by atoms with E-state index in [0.717, 1.165) is 22.7 Å². The van der Waals surface area contributed by atoms with Gasteiger partial charge < -0.3 is 15.0 Å². The van der Waals surface area contributed by atoms with Crippen LogP contribution < -0.4 is 14.4 Å². The number of carbonyl (C=O) groups excluding carboxylic acids is 2. The number of benzene rings is 3. The summed E-state index contributed by atoms with van der Waals surface area (Å²) in [7, 11) is -2.60. The van der Waals surface area contributed by atoms with Crippen molar-refractivity contribution < 1.29 is 22.7 Å². The zero-order valence-electron chi connectivity index (χ0n) is 24.0. The number of sulfonamides is 1. The lowest BCUT2D eigenvalue weighted by atomic mass is 10.1. The summed E-state index contributed by atoms with van der Waals surface area (Å²) in [4.78, 5) is 28.9. The molecule has 1 N–H and O–H groups in total. The van der Waals surface area contributed by atoms with Gasteiger partial charge in [0.15, 0.2) is 0 Å². The van der Waals surface area contributed by atoms with Gasteiger partial charge in [0.25, 0.3) is 10.0 Å². The van der Waals surface area contributed by atoms with Gasteiger partial charge in [0.2, 0.25) is 11.8 Å². The van der Waals surface area contributed by atoms with Gasteiger partial charge in [-0.25, -0.2) is 8.42 Å². The monoisotopic (exact) mass is 599 g/mol. The number of anilines is 1. The molecule has 0 aromatic heterocycles. The number of hydrogen-bond acceptors (Lipinski definition) is 5. The Labute approximate surface area is 248 Å². The van der Waals surface area contributed by atoms with E-state index in [9.17, 15) is 18.0 Å². The molecular weight excluding hydrogens is 562 g/mol. The van der Waals surface area contributed by atoms with Crippen LogP contribution in [0.1, 0.15) is 44.2 Å². The first-order chi connectivity index (χ1) is 19.6. The van der Waals surface area contributed by atoms with Crippen molar-refractivity contribution in [3.05, 3.63) is 88.9 Å². The molecule has 0 fully saturated rings. The highest BCUT2D eigenvalue weighted by atomic mass is 35.5. The van der Waals surface area contributed by atoms with E-state index in [2.05, 4.69) is 5.32 Å². The molecule has 8 nitrogen and oxygen atoms in total. The summed E-state index contributed by atoms with van der Waals surface area (Å²) in [5.74, 6) is -0.135. The number of carbonyl (C=O) groups is 2. The van der Waals surface area contributed by atoms with Crippen LogP contribution in [0, 0.1) is 6.92 Å². The molecule has 3 aromatic carbocycles. The zero-order chi connectivity index (χ0) is 30.0. The lowest BCUT2D eigenvalue weighted by molar-refractivity contribution is -0.140. The second kappa shape index (κ2) is 14.9. The summed E-state index contributed by atoms with van der Waals surface area (Å²) in [6.07, 6.45) is 2.07. The lowest BCUT2D eigenvalue weighted by Crippen LogP contribution is -2.52. The normalized spacial score (nSPS) is 11.9. The summed E-state index contributed by atoms with van der Waals surface area (Å²) in [6.45, 7) is 5.65. The molecule has 0 aliphatic heterocycles. The van der Waals surface area contributed by atoms with Gasteiger partial charge in [0.1, 0.15) is 18.3 Å². The zero-order valence-corrected chi connectivity index (χ0v) is 25.5. The Morgan fingerprint density at radius 1 is 0.976 bits per heavy atom. The third kappa shape index (κ3) is 8.01. The average Bonchev–Trinajstić information content (AvgIpc) is 2.98. The number of unbranched alkanes of at least 4 members (excludes halogenated alkanes) is 1. The van der Waals surface area contributed by atoms with Gasteiger partial charge in [0.05, 0.1) is 17.7 Å². The van der Waals surface area contributed by atoms with Crippen LogP contribution in [0.4, 0.5) is 5.69 Å². The molecule has 0 spiro atoms. The van der Waals surface area contributed by atoms with Crippen molar-refractivity contribution >= 4 is 39.1 Å². The number of nitrogens with one attached hydrogen (secondary N) is 1. The Balaban J connectivity index is 2.06. The van der Waals surface area contributed by atoms with E-state index < -0.39 is 28.5 Å². The van der Waals surface area contributed by atoms with Crippen LogP contribution in [-0.4, -0.2) is 51.4 Å². The fraction of sp³-hybridized carbons (Fsp3) is 0.355. The molecule has 2 amide bonds. The molecule has 1 unspecified atom stereocenters. The minimum atomic E-state index is -4.16. The third-order valence-corrected chi connectivity index (χ3v) is 9.03. The maximum Gasteiger partial charge on any atom is 0.264 e. The fourth-order valence-electron chi connectivity index (χ4n) is 4.45. The van der Waals surface area contributed by atoms with E-state index in [1.165, 1.54) is 17.0 Å². The summed E-state index contributed by atoms with van der Waals surface area (Å²) in [6, 6.07) is 19.3. The van der Waals surface area contributed by atoms with Gasteiger partial charge >= 0.3 is 0 Å². The topological polar surface area (TPSA) is 96.0 Å². The van der Waals surface area contributed by atoms with Crippen molar-refractivity contribution in [3.63, 3.8) is 0 Å². The van der Waals surface area contributed by atoms with E-state index in [-0.39, 0.29) is 17.3 Å². The summed E-state index contributed by atoms with van der Waals surface area (Å²) < 4.78 is 34.2. The van der Waals surface area contributed by atoms with Gasteiger partial charge in [-0.1, -0.05) is 68.3 Å². The van der Waals surface area contributed by atoms with Crippen LogP contribution in [0.25, 0.3) is 0 Å². The number of ether oxygens (including phenoxy) is 1. The molecule has 0 bridgehead atoms. The van der Waals surface area contributed by atoms with Crippen LogP contribution in [0.2, 0.25) is 5.02 Å². The lowest BCUT2D eigenvalue weighted by Gasteiger charge is -2.33. The second-order valence-electron chi connectivity index (χ2n) is 9.65. The van der Waals surface area contributed by atoms with E-state index in [1.54, 1.807) is 62.6 Å². The van der Waals surface area contributed by atoms with Gasteiger partial charge in [-0.15, -0.1) is 0 Å². The first-order valence-corrected chi connectivity index (χ1v) is 15.5. The van der Waals surface area contributed by atoms with Crippen LogP contribution >= 0.6 is 11.6 Å². The highest BCUT2D eigenvalue weighted by Gasteiger charge is 2.34. The minimum Gasteiger partial charge on any atom is -0.497 e. The third-order valence-electron chi connectivity index (χ3n) is 6.85. The molecule has 3 rings (SSSR count). The molecule has 0 saturated heterocycles. The highest BCUT2D eigenvalue weighted by molar-refractivity contribution is 7.92. The smallest absolute Gasteiger partial charge is 0.264 e. The maximum atomic E-state index is 14.1. The molecule has 0 aliphatic carbocycles. The molecule has 0 saturated carbocycles. The van der Waals surface area contributed by atoms with Crippen molar-refractivity contribution in [2.75, 3.05) is 24.5 Å². The van der Waals surface area contributed by atoms with Crippen LogP contribution in [-0.2, 0) is 26.2 Å². The van der Waals surface area contributed by atoms with E-state index in [4.69, 9.17) is 16.3 Å². The Morgan fingerprint density at radius 2 is 1.66 bits per heavy atom. The molecule has 220 valence electrons. The number of rotatable bonds is 14. The molecule has 0 aliphatic rings. The summed E-state index contributed by atoms with van der Waals surface area (Å²) in [5.41, 5.74) is 1.59.